The molecular weight excluding hydrogens is 306 g/mol. The third-order valence-electron chi connectivity index (χ3n) is 3.61. The number of carbonyl (C=O) groups excluding carboxylic acids is 1. The van der Waals surface area contributed by atoms with Crippen LogP contribution in [0.5, 0.6) is 5.75 Å². The highest BCUT2D eigenvalue weighted by molar-refractivity contribution is 5.97. The van der Waals surface area contributed by atoms with E-state index in [4.69, 9.17) is 4.74 Å². The van der Waals surface area contributed by atoms with Gasteiger partial charge in [-0.2, -0.15) is 4.68 Å². The van der Waals surface area contributed by atoms with Gasteiger partial charge in [0.05, 0.1) is 18.4 Å². The predicted molar refractivity (Wildman–Crippen MR) is 88.1 cm³/mol. The van der Waals surface area contributed by atoms with Crippen molar-refractivity contribution in [1.82, 2.24) is 25.5 Å². The van der Waals surface area contributed by atoms with Crippen LogP contribution >= 0.6 is 0 Å². The van der Waals surface area contributed by atoms with Crippen molar-refractivity contribution in [3.63, 3.8) is 0 Å². The van der Waals surface area contributed by atoms with Gasteiger partial charge in [0.1, 0.15) is 5.75 Å². The van der Waals surface area contributed by atoms with Gasteiger partial charge < -0.3 is 10.1 Å². The van der Waals surface area contributed by atoms with Crippen LogP contribution in [-0.2, 0) is 6.54 Å². The number of hydrogen-bond donors (Lipinski definition) is 1. The van der Waals surface area contributed by atoms with Crippen molar-refractivity contribution in [3.05, 3.63) is 65.5 Å². The number of para-hydroxylation sites is 1. The molecular formula is C17H17N5O2. The number of nitrogens with one attached hydrogen (secondary N) is 1. The van der Waals surface area contributed by atoms with Crippen molar-refractivity contribution in [2.24, 2.45) is 0 Å². The fourth-order valence-electron chi connectivity index (χ4n) is 2.33. The smallest absolute Gasteiger partial charge is 0.253 e. The molecule has 7 nitrogen and oxygen atoms in total. The summed E-state index contributed by atoms with van der Waals surface area (Å²) in [6.07, 6.45) is 0. The van der Waals surface area contributed by atoms with Crippen molar-refractivity contribution in [1.29, 1.82) is 0 Å². The molecule has 1 aromatic heterocycles. The molecule has 122 valence electrons. The Hall–Kier alpha value is -3.22. The minimum atomic E-state index is -0.184. The summed E-state index contributed by atoms with van der Waals surface area (Å²) in [5, 5.41) is 14.3. The third kappa shape index (κ3) is 3.24. The Morgan fingerprint density at radius 2 is 1.92 bits per heavy atom. The van der Waals surface area contributed by atoms with Crippen LogP contribution in [0.3, 0.4) is 0 Å². The zero-order chi connectivity index (χ0) is 16.9. The normalized spacial score (nSPS) is 10.4. The minimum absolute atomic E-state index is 0.184. The van der Waals surface area contributed by atoms with Crippen molar-refractivity contribution >= 4 is 5.91 Å². The highest BCUT2D eigenvalue weighted by Crippen LogP contribution is 2.15. The molecule has 0 bridgehead atoms. The molecule has 1 amide bonds. The van der Waals surface area contributed by atoms with Gasteiger partial charge in [-0.15, -0.1) is 5.10 Å². The first kappa shape index (κ1) is 15.7. The van der Waals surface area contributed by atoms with E-state index in [9.17, 15) is 4.79 Å². The van der Waals surface area contributed by atoms with E-state index in [0.29, 0.717) is 23.6 Å². The average Bonchev–Trinajstić information content (AvgIpc) is 3.06. The molecule has 0 aliphatic carbocycles. The Bertz CT molecular complexity index is 842. The fourth-order valence-corrected chi connectivity index (χ4v) is 2.33. The zero-order valence-corrected chi connectivity index (χ0v) is 13.4. The molecule has 7 heteroatoms. The highest BCUT2D eigenvalue weighted by Gasteiger charge is 2.14. The van der Waals surface area contributed by atoms with E-state index in [-0.39, 0.29) is 5.91 Å². The van der Waals surface area contributed by atoms with Crippen LogP contribution in [0.4, 0.5) is 0 Å². The lowest BCUT2D eigenvalue weighted by atomic mass is 10.1. The predicted octanol–water partition coefficient (Wildman–Crippen LogP) is 1.91. The Labute approximate surface area is 139 Å². The lowest BCUT2D eigenvalue weighted by Crippen LogP contribution is -2.24. The number of benzene rings is 2. The summed E-state index contributed by atoms with van der Waals surface area (Å²) in [4.78, 5) is 12.6. The number of amides is 1. The van der Waals surface area contributed by atoms with E-state index >= 15 is 0 Å². The molecule has 0 saturated heterocycles. The van der Waals surface area contributed by atoms with E-state index in [1.807, 2.05) is 42.5 Å². The molecule has 0 atom stereocenters. The molecule has 0 radical (unpaired) electrons. The number of nitrogens with zero attached hydrogens (tertiary/aromatic N) is 4. The number of carbonyl (C=O) groups is 1. The van der Waals surface area contributed by atoms with Gasteiger partial charge in [-0.1, -0.05) is 24.3 Å². The summed E-state index contributed by atoms with van der Waals surface area (Å²) < 4.78 is 6.67. The quantitative estimate of drug-likeness (QED) is 0.775. The molecule has 1 heterocycles. The van der Waals surface area contributed by atoms with Crippen molar-refractivity contribution < 1.29 is 9.53 Å². The standard InChI is InChI=1S/C17H17N5O2/c1-12-19-20-21-22(12)16-6-4-3-5-15(16)17(23)18-11-13-7-9-14(24-2)10-8-13/h3-10H,11H2,1-2H3,(H,18,23). The molecule has 2 aromatic carbocycles. The van der Waals surface area contributed by atoms with Crippen LogP contribution in [-0.4, -0.2) is 33.2 Å². The van der Waals surface area contributed by atoms with Gasteiger partial charge >= 0.3 is 0 Å². The number of hydrogen-bond acceptors (Lipinski definition) is 5. The molecule has 0 aliphatic rings. The van der Waals surface area contributed by atoms with Gasteiger partial charge in [0.25, 0.3) is 5.91 Å². The van der Waals surface area contributed by atoms with Crippen LogP contribution in [0.1, 0.15) is 21.7 Å². The molecule has 0 fully saturated rings. The van der Waals surface area contributed by atoms with Gasteiger partial charge in [0.15, 0.2) is 5.82 Å². The van der Waals surface area contributed by atoms with E-state index in [0.717, 1.165) is 11.3 Å². The van der Waals surface area contributed by atoms with E-state index < -0.39 is 0 Å². The maximum Gasteiger partial charge on any atom is 0.253 e. The van der Waals surface area contributed by atoms with Crippen molar-refractivity contribution in [2.75, 3.05) is 7.11 Å². The van der Waals surface area contributed by atoms with Crippen LogP contribution in [0, 0.1) is 6.92 Å². The first-order valence-electron chi connectivity index (χ1n) is 7.44. The van der Waals surface area contributed by atoms with E-state index in [1.54, 1.807) is 24.8 Å². The molecule has 0 aliphatic heterocycles. The average molecular weight is 323 g/mol. The topological polar surface area (TPSA) is 81.9 Å². The SMILES string of the molecule is COc1ccc(CNC(=O)c2ccccc2-n2nnnc2C)cc1. The Balaban J connectivity index is 1.77. The van der Waals surface area contributed by atoms with Gasteiger partial charge in [-0.25, -0.2) is 0 Å². The summed E-state index contributed by atoms with van der Waals surface area (Å²) in [5.41, 5.74) is 2.15. The second kappa shape index (κ2) is 6.91. The van der Waals surface area contributed by atoms with Gasteiger partial charge in [-0.3, -0.25) is 4.79 Å². The molecule has 3 aromatic rings. The van der Waals surface area contributed by atoms with E-state index in [2.05, 4.69) is 20.8 Å². The Morgan fingerprint density at radius 3 is 2.58 bits per heavy atom. The molecule has 3 rings (SSSR count). The monoisotopic (exact) mass is 323 g/mol. The van der Waals surface area contributed by atoms with Gasteiger partial charge in [-0.05, 0) is 47.2 Å². The van der Waals surface area contributed by atoms with Crippen LogP contribution < -0.4 is 10.1 Å². The highest BCUT2D eigenvalue weighted by atomic mass is 16.5. The van der Waals surface area contributed by atoms with Gasteiger partial charge in [0, 0.05) is 6.54 Å². The summed E-state index contributed by atoms with van der Waals surface area (Å²) in [7, 11) is 1.62. The first-order valence-corrected chi connectivity index (χ1v) is 7.44. The van der Waals surface area contributed by atoms with E-state index in [1.165, 1.54) is 0 Å². The minimum Gasteiger partial charge on any atom is -0.497 e. The zero-order valence-electron chi connectivity index (χ0n) is 13.4. The molecule has 0 spiro atoms. The first-order chi connectivity index (χ1) is 11.7. The number of methoxy groups -OCH3 is 1. The fraction of sp³-hybridized carbons (Fsp3) is 0.176. The largest absolute Gasteiger partial charge is 0.497 e. The summed E-state index contributed by atoms with van der Waals surface area (Å²) >= 11 is 0. The molecule has 0 unspecified atom stereocenters. The Morgan fingerprint density at radius 1 is 1.17 bits per heavy atom. The lowest BCUT2D eigenvalue weighted by molar-refractivity contribution is 0.0950. The number of ether oxygens (including phenoxy) is 1. The van der Waals surface area contributed by atoms with Crippen molar-refractivity contribution in [3.8, 4) is 11.4 Å². The maximum atomic E-state index is 12.6. The summed E-state index contributed by atoms with van der Waals surface area (Å²) in [6, 6.07) is 14.8. The number of aromatic nitrogens is 4. The maximum absolute atomic E-state index is 12.6. The van der Waals surface area contributed by atoms with Crippen molar-refractivity contribution in [2.45, 2.75) is 13.5 Å². The number of tetrazole rings is 1. The van der Waals surface area contributed by atoms with Gasteiger partial charge in [0.2, 0.25) is 0 Å². The molecule has 1 N–H and O–H groups in total. The number of aryl methyl sites for hydroxylation is 1. The number of rotatable bonds is 5. The third-order valence-corrected chi connectivity index (χ3v) is 3.61. The molecule has 0 saturated carbocycles. The second-order valence-corrected chi connectivity index (χ2v) is 5.19. The lowest BCUT2D eigenvalue weighted by Gasteiger charge is -2.10. The molecule has 24 heavy (non-hydrogen) atoms. The second-order valence-electron chi connectivity index (χ2n) is 5.19. The van der Waals surface area contributed by atoms with Crippen LogP contribution in [0.25, 0.3) is 5.69 Å². The van der Waals surface area contributed by atoms with Crippen LogP contribution in [0.2, 0.25) is 0 Å². The summed E-state index contributed by atoms with van der Waals surface area (Å²) in [6.45, 7) is 2.21. The Kier molecular flexibility index (Phi) is 4.51. The van der Waals surface area contributed by atoms with Crippen LogP contribution in [0.15, 0.2) is 48.5 Å². The summed E-state index contributed by atoms with van der Waals surface area (Å²) in [5.74, 6) is 1.21.